The first kappa shape index (κ1) is 21.4. The Hall–Kier alpha value is -2.90. The molecule has 0 saturated carbocycles. The van der Waals surface area contributed by atoms with Gasteiger partial charge in [0.1, 0.15) is 0 Å². The Kier molecular flexibility index (Phi) is 9.54. The third-order valence-corrected chi connectivity index (χ3v) is 3.89. The van der Waals surface area contributed by atoms with E-state index in [-0.39, 0.29) is 5.91 Å². The van der Waals surface area contributed by atoms with Crippen LogP contribution in [0.1, 0.15) is 36.8 Å². The van der Waals surface area contributed by atoms with E-state index in [2.05, 4.69) is 16.3 Å². The topological polar surface area (TPSA) is 88.7 Å². The smallest absolute Gasteiger partial charge is 0.306 e. The third-order valence-electron chi connectivity index (χ3n) is 3.89. The van der Waals surface area contributed by atoms with Crippen molar-refractivity contribution in [2.24, 2.45) is 0 Å². The van der Waals surface area contributed by atoms with Gasteiger partial charge in [-0.1, -0.05) is 54.4 Å². The maximum atomic E-state index is 11.7. The summed E-state index contributed by atoms with van der Waals surface area (Å²) in [5, 5.41) is 2.68. The Labute approximate surface area is 165 Å². The van der Waals surface area contributed by atoms with Gasteiger partial charge in [0.25, 0.3) is 0 Å². The van der Waals surface area contributed by atoms with Crippen molar-refractivity contribution in [1.82, 2.24) is 11.0 Å². The van der Waals surface area contributed by atoms with Crippen LogP contribution in [0.3, 0.4) is 0 Å². The number of aryl methyl sites for hydroxylation is 1. The highest BCUT2D eigenvalue weighted by molar-refractivity contribution is 5.88. The third kappa shape index (κ3) is 9.16. The molecule has 28 heavy (non-hydrogen) atoms. The van der Waals surface area contributed by atoms with Crippen molar-refractivity contribution < 1.29 is 19.3 Å². The standard InChI is InChI=1S/C21H27N3O4/c1-17-11-13-19(14-12-17)22-21(26)24-27-15-7-3-6-10-20(25)23-28-16-18-8-4-2-5-9-18/h2,4-5,8-9,11-14H,3,6-7,10,15-16H2,1H3,(H,23,25)(H2,22,24,26). The molecule has 2 aromatic rings. The number of benzene rings is 2. The molecule has 0 radical (unpaired) electrons. The van der Waals surface area contributed by atoms with Crippen molar-refractivity contribution in [1.29, 1.82) is 0 Å². The van der Waals surface area contributed by atoms with E-state index in [9.17, 15) is 9.59 Å². The van der Waals surface area contributed by atoms with Crippen LogP contribution in [0.2, 0.25) is 0 Å². The summed E-state index contributed by atoms with van der Waals surface area (Å²) in [5.74, 6) is -0.146. The predicted octanol–water partition coefficient (Wildman–Crippen LogP) is 3.86. The maximum Gasteiger partial charge on any atom is 0.343 e. The normalized spacial score (nSPS) is 10.3. The summed E-state index contributed by atoms with van der Waals surface area (Å²) in [6, 6.07) is 16.7. The van der Waals surface area contributed by atoms with Crippen molar-refractivity contribution in [3.05, 3.63) is 65.7 Å². The number of amides is 3. The van der Waals surface area contributed by atoms with Crippen LogP contribution in [0.15, 0.2) is 54.6 Å². The lowest BCUT2D eigenvalue weighted by molar-refractivity contribution is -0.134. The van der Waals surface area contributed by atoms with E-state index in [1.807, 2.05) is 61.5 Å². The number of carbonyl (C=O) groups is 2. The van der Waals surface area contributed by atoms with E-state index in [1.54, 1.807) is 0 Å². The van der Waals surface area contributed by atoms with Gasteiger partial charge >= 0.3 is 6.03 Å². The summed E-state index contributed by atoms with van der Waals surface area (Å²) in [6.45, 7) is 2.71. The molecule has 0 unspecified atom stereocenters. The van der Waals surface area contributed by atoms with E-state index in [1.165, 1.54) is 0 Å². The molecule has 0 heterocycles. The van der Waals surface area contributed by atoms with Crippen LogP contribution < -0.4 is 16.3 Å². The highest BCUT2D eigenvalue weighted by Gasteiger charge is 2.03. The molecule has 7 nitrogen and oxygen atoms in total. The monoisotopic (exact) mass is 385 g/mol. The molecule has 0 aromatic heterocycles. The molecule has 0 aliphatic carbocycles. The lowest BCUT2D eigenvalue weighted by atomic mass is 10.2. The number of nitrogens with one attached hydrogen (secondary N) is 3. The van der Waals surface area contributed by atoms with Crippen LogP contribution in [0, 0.1) is 6.92 Å². The molecule has 150 valence electrons. The Bertz CT molecular complexity index is 720. The first-order valence-electron chi connectivity index (χ1n) is 9.33. The van der Waals surface area contributed by atoms with Crippen molar-refractivity contribution in [3.8, 4) is 0 Å². The first-order chi connectivity index (χ1) is 13.6. The quantitative estimate of drug-likeness (QED) is 0.405. The second-order valence-electron chi connectivity index (χ2n) is 6.38. The molecule has 0 saturated heterocycles. The second-order valence-corrected chi connectivity index (χ2v) is 6.38. The maximum absolute atomic E-state index is 11.7. The number of unbranched alkanes of at least 4 members (excludes halogenated alkanes) is 2. The van der Waals surface area contributed by atoms with E-state index in [4.69, 9.17) is 9.68 Å². The summed E-state index contributed by atoms with van der Waals surface area (Å²) in [7, 11) is 0. The van der Waals surface area contributed by atoms with Gasteiger partial charge in [0.05, 0.1) is 13.2 Å². The second kappa shape index (κ2) is 12.5. The predicted molar refractivity (Wildman–Crippen MR) is 107 cm³/mol. The first-order valence-corrected chi connectivity index (χ1v) is 9.33. The molecule has 3 N–H and O–H groups in total. The van der Waals surface area contributed by atoms with Gasteiger partial charge in [0.2, 0.25) is 5.91 Å². The highest BCUT2D eigenvalue weighted by atomic mass is 16.7. The molecule has 2 rings (SSSR count). The summed E-state index contributed by atoms with van der Waals surface area (Å²) in [5.41, 5.74) is 7.60. The minimum absolute atomic E-state index is 0.146. The number of hydroxylamine groups is 2. The molecule has 0 bridgehead atoms. The van der Waals surface area contributed by atoms with Crippen molar-refractivity contribution >= 4 is 17.6 Å². The molecule has 0 spiro atoms. The SMILES string of the molecule is Cc1ccc(NC(=O)NOCCCCCC(=O)NOCc2ccccc2)cc1. The molecule has 0 aliphatic rings. The molecule has 2 aromatic carbocycles. The van der Waals surface area contributed by atoms with Gasteiger partial charge in [-0.2, -0.15) is 0 Å². The Balaban J connectivity index is 1.43. The van der Waals surface area contributed by atoms with Crippen molar-refractivity contribution in [2.45, 2.75) is 39.2 Å². The minimum atomic E-state index is -0.418. The number of rotatable bonds is 11. The number of anilines is 1. The van der Waals surface area contributed by atoms with Crippen LogP contribution in [-0.2, 0) is 21.1 Å². The molecule has 7 heteroatoms. The van der Waals surface area contributed by atoms with Gasteiger partial charge in [0, 0.05) is 12.1 Å². The van der Waals surface area contributed by atoms with E-state index < -0.39 is 6.03 Å². The number of hydrogen-bond donors (Lipinski definition) is 3. The lowest BCUT2D eigenvalue weighted by Crippen LogP contribution is -2.29. The zero-order chi connectivity index (χ0) is 20.0. The van der Waals surface area contributed by atoms with Gasteiger partial charge in [0.15, 0.2) is 0 Å². The molecule has 0 fully saturated rings. The van der Waals surface area contributed by atoms with Gasteiger partial charge in [-0.15, -0.1) is 0 Å². The van der Waals surface area contributed by atoms with Crippen molar-refractivity contribution in [3.63, 3.8) is 0 Å². The van der Waals surface area contributed by atoms with Gasteiger partial charge in [-0.3, -0.25) is 14.5 Å². The fraction of sp³-hybridized carbons (Fsp3) is 0.333. The summed E-state index contributed by atoms with van der Waals surface area (Å²) in [4.78, 5) is 33.6. The van der Waals surface area contributed by atoms with E-state index in [0.29, 0.717) is 25.3 Å². The largest absolute Gasteiger partial charge is 0.343 e. The van der Waals surface area contributed by atoms with Crippen molar-refractivity contribution in [2.75, 3.05) is 11.9 Å². The van der Waals surface area contributed by atoms with E-state index in [0.717, 1.165) is 30.4 Å². The molecule has 3 amide bonds. The Morgan fingerprint density at radius 3 is 2.36 bits per heavy atom. The summed E-state index contributed by atoms with van der Waals surface area (Å²) < 4.78 is 0. The summed E-state index contributed by atoms with van der Waals surface area (Å²) >= 11 is 0. The highest BCUT2D eigenvalue weighted by Crippen LogP contribution is 2.08. The van der Waals surface area contributed by atoms with Crippen LogP contribution >= 0.6 is 0 Å². The minimum Gasteiger partial charge on any atom is -0.306 e. The Morgan fingerprint density at radius 2 is 1.61 bits per heavy atom. The van der Waals surface area contributed by atoms with Crippen LogP contribution in [-0.4, -0.2) is 18.5 Å². The summed E-state index contributed by atoms with van der Waals surface area (Å²) in [6.07, 6.45) is 2.66. The molecule has 0 aliphatic heterocycles. The van der Waals surface area contributed by atoms with Gasteiger partial charge in [-0.05, 0) is 37.5 Å². The van der Waals surface area contributed by atoms with Crippen LogP contribution in [0.5, 0.6) is 0 Å². The Morgan fingerprint density at radius 1 is 0.857 bits per heavy atom. The average molecular weight is 385 g/mol. The van der Waals surface area contributed by atoms with Crippen LogP contribution in [0.4, 0.5) is 10.5 Å². The van der Waals surface area contributed by atoms with Gasteiger partial charge < -0.3 is 5.32 Å². The molecular formula is C21H27N3O4. The fourth-order valence-electron chi connectivity index (χ4n) is 2.37. The molecule has 0 atom stereocenters. The number of urea groups is 1. The zero-order valence-electron chi connectivity index (χ0n) is 16.1. The van der Waals surface area contributed by atoms with E-state index >= 15 is 0 Å². The molecular weight excluding hydrogens is 358 g/mol. The van der Waals surface area contributed by atoms with Gasteiger partial charge in [-0.25, -0.2) is 15.8 Å². The number of carbonyl (C=O) groups excluding carboxylic acids is 2. The van der Waals surface area contributed by atoms with Crippen LogP contribution in [0.25, 0.3) is 0 Å². The zero-order valence-corrected chi connectivity index (χ0v) is 16.1. The average Bonchev–Trinajstić information content (AvgIpc) is 2.70. The number of hydrogen-bond acceptors (Lipinski definition) is 4. The lowest BCUT2D eigenvalue weighted by Gasteiger charge is -2.08. The fourth-order valence-corrected chi connectivity index (χ4v) is 2.37.